The molecule has 0 heterocycles. The van der Waals surface area contributed by atoms with Crippen LogP contribution in [0.5, 0.6) is 5.75 Å². The summed E-state index contributed by atoms with van der Waals surface area (Å²) >= 11 is 0. The molecule has 3 nitrogen and oxygen atoms in total. The lowest BCUT2D eigenvalue weighted by Crippen LogP contribution is -2.28. The topological polar surface area (TPSA) is 52.5 Å². The Hall–Kier alpha value is -1.13. The van der Waals surface area contributed by atoms with Gasteiger partial charge < -0.3 is 15.5 Å². The lowest BCUT2D eigenvalue weighted by atomic mass is 10.1. The van der Waals surface area contributed by atoms with Gasteiger partial charge in [-0.25, -0.2) is 4.39 Å². The smallest absolute Gasteiger partial charge is 0.126 e. The van der Waals surface area contributed by atoms with E-state index >= 15 is 0 Å². The molecular weight excluding hydrogens is 209 g/mol. The molecule has 1 aromatic carbocycles. The second-order valence-electron chi connectivity index (χ2n) is 3.90. The number of nitrogens with one attached hydrogen (secondary N) is 1. The van der Waals surface area contributed by atoms with Crippen molar-refractivity contribution in [2.45, 2.75) is 32.4 Å². The van der Waals surface area contributed by atoms with Crippen molar-refractivity contribution in [3.8, 4) is 5.75 Å². The van der Waals surface area contributed by atoms with Crippen molar-refractivity contribution in [1.82, 2.24) is 5.32 Å². The van der Waals surface area contributed by atoms with E-state index in [9.17, 15) is 14.6 Å². The van der Waals surface area contributed by atoms with Gasteiger partial charge in [-0.05, 0) is 19.4 Å². The molecule has 0 spiro atoms. The fraction of sp³-hybridized carbons (Fsp3) is 0.500. The molecule has 16 heavy (non-hydrogen) atoms. The third-order valence-electron chi connectivity index (χ3n) is 2.59. The normalized spacial score (nSPS) is 14.8. The Morgan fingerprint density at radius 3 is 2.69 bits per heavy atom. The highest BCUT2D eigenvalue weighted by molar-refractivity contribution is 5.34. The van der Waals surface area contributed by atoms with Crippen molar-refractivity contribution in [2.75, 3.05) is 6.54 Å². The van der Waals surface area contributed by atoms with E-state index in [1.807, 2.05) is 13.8 Å². The van der Waals surface area contributed by atoms with Crippen molar-refractivity contribution in [3.05, 3.63) is 29.6 Å². The summed E-state index contributed by atoms with van der Waals surface area (Å²) < 4.78 is 12.8. The number of aliphatic hydroxyl groups excluding tert-OH is 1. The fourth-order valence-corrected chi connectivity index (χ4v) is 1.45. The first-order valence-corrected chi connectivity index (χ1v) is 5.44. The first-order valence-electron chi connectivity index (χ1n) is 5.44. The van der Waals surface area contributed by atoms with E-state index in [1.54, 1.807) is 6.07 Å². The molecule has 0 fully saturated rings. The number of rotatable bonds is 5. The minimum absolute atomic E-state index is 0.0639. The van der Waals surface area contributed by atoms with Crippen LogP contribution in [0.1, 0.15) is 31.9 Å². The summed E-state index contributed by atoms with van der Waals surface area (Å²) in [5, 5.41) is 22.0. The quantitative estimate of drug-likeness (QED) is 0.720. The van der Waals surface area contributed by atoms with Gasteiger partial charge in [0.2, 0.25) is 0 Å². The van der Waals surface area contributed by atoms with Crippen LogP contribution in [0.15, 0.2) is 18.2 Å². The summed E-state index contributed by atoms with van der Waals surface area (Å²) in [4.78, 5) is 0. The Morgan fingerprint density at radius 1 is 1.44 bits per heavy atom. The molecule has 0 aliphatic carbocycles. The molecule has 2 atom stereocenters. The van der Waals surface area contributed by atoms with Gasteiger partial charge in [0, 0.05) is 24.2 Å². The fourth-order valence-electron chi connectivity index (χ4n) is 1.45. The maximum atomic E-state index is 12.8. The number of hydrogen-bond acceptors (Lipinski definition) is 3. The molecule has 1 aromatic rings. The molecule has 1 rings (SSSR count). The Balaban J connectivity index is 2.62. The predicted molar refractivity (Wildman–Crippen MR) is 60.8 cm³/mol. The van der Waals surface area contributed by atoms with Crippen LogP contribution >= 0.6 is 0 Å². The second-order valence-corrected chi connectivity index (χ2v) is 3.90. The van der Waals surface area contributed by atoms with Crippen molar-refractivity contribution in [2.24, 2.45) is 0 Å². The van der Waals surface area contributed by atoms with Crippen LogP contribution in [0.4, 0.5) is 4.39 Å². The van der Waals surface area contributed by atoms with Crippen LogP contribution < -0.4 is 5.32 Å². The first-order chi connectivity index (χ1) is 7.54. The summed E-state index contributed by atoms with van der Waals surface area (Å²) in [6, 6.07) is 3.82. The maximum Gasteiger partial charge on any atom is 0.126 e. The van der Waals surface area contributed by atoms with Crippen molar-refractivity contribution in [1.29, 1.82) is 0 Å². The van der Waals surface area contributed by atoms with Crippen molar-refractivity contribution < 1.29 is 14.6 Å². The van der Waals surface area contributed by atoms with Gasteiger partial charge in [0.15, 0.2) is 0 Å². The molecule has 2 unspecified atom stereocenters. The molecular formula is C12H18FNO2. The van der Waals surface area contributed by atoms with Gasteiger partial charge in [0.25, 0.3) is 0 Å². The molecule has 0 bridgehead atoms. The SMILES string of the molecule is CCC(O)CNC(C)c1ccc(F)cc1O. The van der Waals surface area contributed by atoms with E-state index in [0.29, 0.717) is 18.5 Å². The van der Waals surface area contributed by atoms with E-state index in [4.69, 9.17) is 0 Å². The monoisotopic (exact) mass is 227 g/mol. The standard InChI is InChI=1S/C12H18FNO2/c1-3-10(15)7-14-8(2)11-5-4-9(13)6-12(11)16/h4-6,8,10,14-16H,3,7H2,1-2H3. The molecule has 0 saturated carbocycles. The zero-order valence-corrected chi connectivity index (χ0v) is 9.57. The molecule has 4 heteroatoms. The van der Waals surface area contributed by atoms with Crippen LogP contribution in [-0.4, -0.2) is 22.9 Å². The lowest BCUT2D eigenvalue weighted by Gasteiger charge is -2.17. The summed E-state index contributed by atoms with van der Waals surface area (Å²) in [6.45, 7) is 4.20. The van der Waals surface area contributed by atoms with E-state index < -0.39 is 11.9 Å². The minimum atomic E-state index is -0.456. The van der Waals surface area contributed by atoms with Crippen LogP contribution in [0.25, 0.3) is 0 Å². The lowest BCUT2D eigenvalue weighted by molar-refractivity contribution is 0.163. The summed E-state index contributed by atoms with van der Waals surface area (Å²) in [5.74, 6) is -0.520. The highest BCUT2D eigenvalue weighted by Crippen LogP contribution is 2.24. The molecule has 0 aliphatic heterocycles. The van der Waals surface area contributed by atoms with Gasteiger partial charge in [0.1, 0.15) is 11.6 Å². The van der Waals surface area contributed by atoms with E-state index in [1.165, 1.54) is 6.07 Å². The molecule has 0 radical (unpaired) electrons. The van der Waals surface area contributed by atoms with Crippen molar-refractivity contribution in [3.63, 3.8) is 0 Å². The zero-order valence-electron chi connectivity index (χ0n) is 9.57. The van der Waals surface area contributed by atoms with E-state index in [0.717, 1.165) is 6.07 Å². The van der Waals surface area contributed by atoms with Crippen LogP contribution in [0, 0.1) is 5.82 Å². The van der Waals surface area contributed by atoms with Gasteiger partial charge >= 0.3 is 0 Å². The predicted octanol–water partition coefficient (Wildman–Crippen LogP) is 1.95. The van der Waals surface area contributed by atoms with E-state index in [-0.39, 0.29) is 11.8 Å². The molecule has 0 aliphatic rings. The van der Waals surface area contributed by atoms with Gasteiger partial charge in [-0.2, -0.15) is 0 Å². The molecule has 0 amide bonds. The molecule has 3 N–H and O–H groups in total. The number of hydrogen-bond donors (Lipinski definition) is 3. The van der Waals surface area contributed by atoms with Gasteiger partial charge in [-0.1, -0.05) is 13.0 Å². The third-order valence-corrected chi connectivity index (χ3v) is 2.59. The zero-order chi connectivity index (χ0) is 12.1. The Labute approximate surface area is 94.9 Å². The van der Waals surface area contributed by atoms with Gasteiger partial charge in [0.05, 0.1) is 6.10 Å². The highest BCUT2D eigenvalue weighted by Gasteiger charge is 2.11. The molecule has 0 aromatic heterocycles. The highest BCUT2D eigenvalue weighted by atomic mass is 19.1. The Morgan fingerprint density at radius 2 is 2.12 bits per heavy atom. The number of aromatic hydroxyl groups is 1. The number of benzene rings is 1. The third kappa shape index (κ3) is 3.47. The summed E-state index contributed by atoms with van der Waals surface area (Å²) in [5.41, 5.74) is 0.629. The number of aliphatic hydroxyl groups is 1. The number of halogens is 1. The second kappa shape index (κ2) is 5.82. The Kier molecular flexibility index (Phi) is 4.71. The average molecular weight is 227 g/mol. The van der Waals surface area contributed by atoms with Crippen molar-refractivity contribution >= 4 is 0 Å². The first kappa shape index (κ1) is 12.9. The summed E-state index contributed by atoms with van der Waals surface area (Å²) in [7, 11) is 0. The molecule has 0 saturated heterocycles. The summed E-state index contributed by atoms with van der Waals surface area (Å²) in [6.07, 6.45) is 0.278. The minimum Gasteiger partial charge on any atom is -0.508 e. The van der Waals surface area contributed by atoms with Crippen LogP contribution in [0.3, 0.4) is 0 Å². The average Bonchev–Trinajstić information content (AvgIpc) is 2.25. The largest absolute Gasteiger partial charge is 0.508 e. The van der Waals surface area contributed by atoms with Gasteiger partial charge in [-0.15, -0.1) is 0 Å². The Bertz CT molecular complexity index is 344. The maximum absolute atomic E-state index is 12.8. The van der Waals surface area contributed by atoms with Crippen LogP contribution in [-0.2, 0) is 0 Å². The van der Waals surface area contributed by atoms with Crippen LogP contribution in [0.2, 0.25) is 0 Å². The molecule has 90 valence electrons. The van der Waals surface area contributed by atoms with Gasteiger partial charge in [-0.3, -0.25) is 0 Å². The number of phenols is 1. The number of phenolic OH excluding ortho intramolecular Hbond substituents is 1. The van der Waals surface area contributed by atoms with E-state index in [2.05, 4.69) is 5.32 Å².